The van der Waals surface area contributed by atoms with Gasteiger partial charge in [0.1, 0.15) is 0 Å². The molecule has 1 rings (SSSR count). The van der Waals surface area contributed by atoms with Gasteiger partial charge in [0, 0.05) is 25.0 Å². The molecule has 0 saturated heterocycles. The molecule has 1 aromatic rings. The van der Waals surface area contributed by atoms with Crippen molar-refractivity contribution in [3.63, 3.8) is 0 Å². The Morgan fingerprint density at radius 3 is 2.61 bits per heavy atom. The van der Waals surface area contributed by atoms with Crippen molar-refractivity contribution in [2.45, 2.75) is 39.2 Å². The van der Waals surface area contributed by atoms with Crippen molar-refractivity contribution in [3.05, 3.63) is 29.6 Å². The molecule has 4 nitrogen and oxygen atoms in total. The molecular weight excluding hydrogens is 226 g/mol. The maximum Gasteiger partial charge on any atom is 0.207 e. The van der Waals surface area contributed by atoms with Crippen LogP contribution in [0.3, 0.4) is 0 Å². The van der Waals surface area contributed by atoms with Crippen molar-refractivity contribution in [2.24, 2.45) is 0 Å². The molecule has 18 heavy (non-hydrogen) atoms. The minimum atomic E-state index is 0.285. The van der Waals surface area contributed by atoms with E-state index in [9.17, 15) is 4.79 Å². The second kappa shape index (κ2) is 7.82. The van der Waals surface area contributed by atoms with E-state index in [0.29, 0.717) is 12.5 Å². The van der Waals surface area contributed by atoms with E-state index >= 15 is 0 Å². The van der Waals surface area contributed by atoms with Crippen molar-refractivity contribution >= 4 is 6.41 Å². The minimum absolute atomic E-state index is 0.285. The summed E-state index contributed by atoms with van der Waals surface area (Å²) in [6.07, 6.45) is 5.50. The lowest BCUT2D eigenvalue weighted by molar-refractivity contribution is -0.109. The first-order chi connectivity index (χ1) is 8.65. The SMILES string of the molecule is CC(C)c1cncc(C(C)NCCCNC=O)c1. The number of hydrogen-bond donors (Lipinski definition) is 2. The molecule has 1 aromatic heterocycles. The van der Waals surface area contributed by atoms with E-state index in [4.69, 9.17) is 0 Å². The predicted molar refractivity (Wildman–Crippen MR) is 73.4 cm³/mol. The van der Waals surface area contributed by atoms with Crippen molar-refractivity contribution < 1.29 is 4.79 Å². The minimum Gasteiger partial charge on any atom is -0.359 e. The first kappa shape index (κ1) is 14.6. The summed E-state index contributed by atoms with van der Waals surface area (Å²) in [7, 11) is 0. The standard InChI is InChI=1S/C14H23N3O/c1-11(2)13-7-14(9-16-8-13)12(3)17-6-4-5-15-10-18/h7-12,17H,4-6H2,1-3H3,(H,15,18). The Morgan fingerprint density at radius 1 is 1.22 bits per heavy atom. The van der Waals surface area contributed by atoms with Gasteiger partial charge in [0.15, 0.2) is 0 Å². The topological polar surface area (TPSA) is 54.0 Å². The average Bonchev–Trinajstić information content (AvgIpc) is 2.38. The molecule has 0 aromatic carbocycles. The van der Waals surface area contributed by atoms with Crippen LogP contribution in [0.1, 0.15) is 50.3 Å². The molecule has 0 aliphatic carbocycles. The quantitative estimate of drug-likeness (QED) is 0.547. The molecule has 1 amide bonds. The van der Waals surface area contributed by atoms with E-state index in [1.165, 1.54) is 11.1 Å². The second-order valence-corrected chi connectivity index (χ2v) is 4.81. The molecular formula is C14H23N3O. The van der Waals surface area contributed by atoms with Crippen LogP contribution in [0.25, 0.3) is 0 Å². The van der Waals surface area contributed by atoms with Crippen LogP contribution in [-0.4, -0.2) is 24.5 Å². The smallest absolute Gasteiger partial charge is 0.207 e. The van der Waals surface area contributed by atoms with Gasteiger partial charge in [-0.2, -0.15) is 0 Å². The number of pyridine rings is 1. The lowest BCUT2D eigenvalue weighted by atomic mass is 10.0. The molecule has 0 aliphatic rings. The largest absolute Gasteiger partial charge is 0.359 e. The second-order valence-electron chi connectivity index (χ2n) is 4.81. The van der Waals surface area contributed by atoms with Gasteiger partial charge in [-0.05, 0) is 36.9 Å². The van der Waals surface area contributed by atoms with Gasteiger partial charge in [-0.15, -0.1) is 0 Å². The summed E-state index contributed by atoms with van der Waals surface area (Å²) in [5.74, 6) is 0.501. The molecule has 1 heterocycles. The number of aromatic nitrogens is 1. The van der Waals surface area contributed by atoms with Crippen LogP contribution in [0.2, 0.25) is 0 Å². The molecule has 100 valence electrons. The molecule has 0 spiro atoms. The van der Waals surface area contributed by atoms with Crippen LogP contribution in [0.15, 0.2) is 18.5 Å². The van der Waals surface area contributed by atoms with Gasteiger partial charge < -0.3 is 10.6 Å². The Labute approximate surface area is 109 Å². The summed E-state index contributed by atoms with van der Waals surface area (Å²) >= 11 is 0. The molecule has 1 atom stereocenters. The molecule has 0 aliphatic heterocycles. The van der Waals surface area contributed by atoms with Crippen LogP contribution in [-0.2, 0) is 4.79 Å². The van der Waals surface area contributed by atoms with Gasteiger partial charge in [-0.25, -0.2) is 0 Å². The third-order valence-corrected chi connectivity index (χ3v) is 2.98. The highest BCUT2D eigenvalue weighted by molar-refractivity contribution is 5.45. The van der Waals surface area contributed by atoms with Crippen LogP contribution in [0.5, 0.6) is 0 Å². The van der Waals surface area contributed by atoms with E-state index in [1.54, 1.807) is 0 Å². The number of carbonyl (C=O) groups is 1. The fourth-order valence-corrected chi connectivity index (χ4v) is 1.71. The zero-order valence-corrected chi connectivity index (χ0v) is 11.4. The highest BCUT2D eigenvalue weighted by Crippen LogP contribution is 2.18. The van der Waals surface area contributed by atoms with E-state index in [-0.39, 0.29) is 6.04 Å². The molecule has 4 heteroatoms. The number of amides is 1. The van der Waals surface area contributed by atoms with Crippen LogP contribution in [0, 0.1) is 0 Å². The summed E-state index contributed by atoms with van der Waals surface area (Å²) < 4.78 is 0. The Hall–Kier alpha value is -1.42. The van der Waals surface area contributed by atoms with Crippen molar-refractivity contribution in [2.75, 3.05) is 13.1 Å². The van der Waals surface area contributed by atoms with E-state index < -0.39 is 0 Å². The molecule has 0 radical (unpaired) electrons. The number of rotatable bonds is 8. The number of hydrogen-bond acceptors (Lipinski definition) is 3. The Morgan fingerprint density at radius 2 is 1.94 bits per heavy atom. The average molecular weight is 249 g/mol. The van der Waals surface area contributed by atoms with Gasteiger partial charge in [0.05, 0.1) is 0 Å². The summed E-state index contributed by atoms with van der Waals surface area (Å²) in [5, 5.41) is 6.08. The summed E-state index contributed by atoms with van der Waals surface area (Å²) in [4.78, 5) is 14.4. The first-order valence-corrected chi connectivity index (χ1v) is 6.50. The van der Waals surface area contributed by atoms with Gasteiger partial charge in [0.2, 0.25) is 6.41 Å². The van der Waals surface area contributed by atoms with Crippen molar-refractivity contribution in [1.29, 1.82) is 0 Å². The summed E-state index contributed by atoms with van der Waals surface area (Å²) in [5.41, 5.74) is 2.48. The Bertz CT molecular complexity index is 366. The number of nitrogens with one attached hydrogen (secondary N) is 2. The van der Waals surface area contributed by atoms with E-state index in [2.05, 4.69) is 42.5 Å². The fraction of sp³-hybridized carbons (Fsp3) is 0.571. The highest BCUT2D eigenvalue weighted by atomic mass is 16.1. The summed E-state index contributed by atoms with van der Waals surface area (Å²) in [6.45, 7) is 8.07. The van der Waals surface area contributed by atoms with Crippen molar-refractivity contribution in [1.82, 2.24) is 15.6 Å². The number of nitrogens with zero attached hydrogens (tertiary/aromatic N) is 1. The maximum absolute atomic E-state index is 10.1. The molecule has 1 unspecified atom stereocenters. The van der Waals surface area contributed by atoms with Gasteiger partial charge in [0.25, 0.3) is 0 Å². The van der Waals surface area contributed by atoms with Crippen LogP contribution < -0.4 is 10.6 Å². The fourth-order valence-electron chi connectivity index (χ4n) is 1.71. The number of carbonyl (C=O) groups excluding carboxylic acids is 1. The molecule has 2 N–H and O–H groups in total. The third kappa shape index (κ3) is 4.84. The van der Waals surface area contributed by atoms with Gasteiger partial charge in [-0.3, -0.25) is 9.78 Å². The third-order valence-electron chi connectivity index (χ3n) is 2.98. The maximum atomic E-state index is 10.1. The molecule has 0 bridgehead atoms. The lowest BCUT2D eigenvalue weighted by Gasteiger charge is -2.15. The predicted octanol–water partition coefficient (Wildman–Crippen LogP) is 1.99. The van der Waals surface area contributed by atoms with E-state index in [1.807, 2.05) is 12.4 Å². The Balaban J connectivity index is 2.43. The normalized spacial score (nSPS) is 12.4. The lowest BCUT2D eigenvalue weighted by Crippen LogP contribution is -2.23. The monoisotopic (exact) mass is 249 g/mol. The first-order valence-electron chi connectivity index (χ1n) is 6.50. The van der Waals surface area contributed by atoms with Crippen LogP contribution >= 0.6 is 0 Å². The molecule has 0 fully saturated rings. The Kier molecular flexibility index (Phi) is 6.36. The molecule has 0 saturated carbocycles. The highest BCUT2D eigenvalue weighted by Gasteiger charge is 2.07. The van der Waals surface area contributed by atoms with Gasteiger partial charge >= 0.3 is 0 Å². The van der Waals surface area contributed by atoms with Crippen molar-refractivity contribution in [3.8, 4) is 0 Å². The van der Waals surface area contributed by atoms with E-state index in [0.717, 1.165) is 19.4 Å². The van der Waals surface area contributed by atoms with Crippen LogP contribution in [0.4, 0.5) is 0 Å². The summed E-state index contributed by atoms with van der Waals surface area (Å²) in [6, 6.07) is 2.49. The zero-order valence-electron chi connectivity index (χ0n) is 11.4. The van der Waals surface area contributed by atoms with Gasteiger partial charge in [-0.1, -0.05) is 19.9 Å². The zero-order chi connectivity index (χ0) is 13.4.